The van der Waals surface area contributed by atoms with Crippen molar-refractivity contribution in [1.82, 2.24) is 15.2 Å². The van der Waals surface area contributed by atoms with E-state index < -0.39 is 0 Å². The van der Waals surface area contributed by atoms with Gasteiger partial charge in [0, 0.05) is 17.4 Å². The van der Waals surface area contributed by atoms with E-state index in [0.717, 1.165) is 12.2 Å². The molecule has 0 atom stereocenters. The highest BCUT2D eigenvalue weighted by molar-refractivity contribution is 7.09. The van der Waals surface area contributed by atoms with Crippen molar-refractivity contribution in [2.24, 2.45) is 0 Å². The first-order chi connectivity index (χ1) is 10.2. The van der Waals surface area contributed by atoms with Gasteiger partial charge in [-0.25, -0.2) is 4.98 Å². The van der Waals surface area contributed by atoms with Crippen molar-refractivity contribution in [3.05, 3.63) is 45.4 Å². The molecule has 21 heavy (non-hydrogen) atoms. The van der Waals surface area contributed by atoms with Gasteiger partial charge in [-0.15, -0.1) is 11.3 Å². The number of nitrogen functional groups attached to an aromatic ring is 1. The average molecular weight is 321 g/mol. The van der Waals surface area contributed by atoms with E-state index in [0.29, 0.717) is 27.8 Å². The summed E-state index contributed by atoms with van der Waals surface area (Å²) in [6, 6.07) is 7.47. The van der Waals surface area contributed by atoms with E-state index >= 15 is 0 Å². The van der Waals surface area contributed by atoms with Crippen molar-refractivity contribution in [3.8, 4) is 17.1 Å². The Kier molecular flexibility index (Phi) is 3.81. The summed E-state index contributed by atoms with van der Waals surface area (Å²) in [5, 5.41) is 9.67. The van der Waals surface area contributed by atoms with E-state index in [2.05, 4.69) is 21.2 Å². The molecule has 2 heterocycles. The van der Waals surface area contributed by atoms with Crippen molar-refractivity contribution in [1.29, 1.82) is 0 Å². The standard InChI is InChI=1S/C14H13ClN4OS/c1-20-12-7-11(16)10(15)6-9(12)14-17-13(18-19-14)5-8-3-2-4-21-8/h2-4,6-7H,5,16H2,1H3,(H,17,18,19). The second-order valence-corrected chi connectivity index (χ2v) is 5.88. The molecule has 3 aromatic rings. The Morgan fingerprint density at radius 3 is 3.00 bits per heavy atom. The number of thiophene rings is 1. The first kappa shape index (κ1) is 13.9. The maximum absolute atomic E-state index is 6.07. The highest BCUT2D eigenvalue weighted by Gasteiger charge is 2.14. The number of aromatic nitrogens is 3. The number of halogens is 1. The van der Waals surface area contributed by atoms with Crippen molar-refractivity contribution in [2.75, 3.05) is 12.8 Å². The van der Waals surface area contributed by atoms with E-state index in [1.54, 1.807) is 30.6 Å². The average Bonchev–Trinajstić information content (AvgIpc) is 3.13. The zero-order chi connectivity index (χ0) is 14.8. The number of hydrogen-bond acceptors (Lipinski definition) is 5. The van der Waals surface area contributed by atoms with E-state index in [1.165, 1.54) is 4.88 Å². The molecule has 0 aliphatic heterocycles. The van der Waals surface area contributed by atoms with E-state index in [9.17, 15) is 0 Å². The van der Waals surface area contributed by atoms with E-state index in [-0.39, 0.29) is 0 Å². The zero-order valence-electron chi connectivity index (χ0n) is 11.3. The maximum Gasteiger partial charge on any atom is 0.184 e. The number of ether oxygens (including phenoxy) is 1. The molecule has 5 nitrogen and oxygen atoms in total. The lowest BCUT2D eigenvalue weighted by Crippen LogP contribution is -1.94. The molecular weight excluding hydrogens is 308 g/mol. The fraction of sp³-hybridized carbons (Fsp3) is 0.143. The molecular formula is C14H13ClN4OS. The van der Waals surface area contributed by atoms with Gasteiger partial charge in [-0.3, -0.25) is 5.10 Å². The van der Waals surface area contributed by atoms with E-state index in [1.807, 2.05) is 11.4 Å². The lowest BCUT2D eigenvalue weighted by Gasteiger charge is -2.07. The lowest BCUT2D eigenvalue weighted by molar-refractivity contribution is 0.416. The van der Waals surface area contributed by atoms with Crippen LogP contribution in [0.5, 0.6) is 5.75 Å². The third-order valence-electron chi connectivity index (χ3n) is 3.01. The summed E-state index contributed by atoms with van der Waals surface area (Å²) in [5.74, 6) is 1.93. The molecule has 0 aliphatic carbocycles. The first-order valence-electron chi connectivity index (χ1n) is 6.24. The minimum Gasteiger partial charge on any atom is -0.496 e. The third kappa shape index (κ3) is 2.86. The van der Waals surface area contributed by atoms with Crippen molar-refractivity contribution >= 4 is 28.6 Å². The van der Waals surface area contributed by atoms with Crippen LogP contribution in [0, 0.1) is 0 Å². The molecule has 3 N–H and O–H groups in total. The van der Waals surface area contributed by atoms with Gasteiger partial charge in [0.25, 0.3) is 0 Å². The molecule has 7 heteroatoms. The fourth-order valence-electron chi connectivity index (χ4n) is 1.99. The van der Waals surface area contributed by atoms with Gasteiger partial charge in [0.05, 0.1) is 23.4 Å². The number of hydrogen-bond donors (Lipinski definition) is 2. The van der Waals surface area contributed by atoms with Gasteiger partial charge in [-0.2, -0.15) is 5.10 Å². The van der Waals surface area contributed by atoms with Gasteiger partial charge in [0.15, 0.2) is 5.82 Å². The van der Waals surface area contributed by atoms with Gasteiger partial charge in [0.2, 0.25) is 0 Å². The SMILES string of the molecule is COc1cc(N)c(Cl)cc1-c1n[nH]c(Cc2cccs2)n1. The molecule has 0 saturated heterocycles. The number of aromatic amines is 1. The lowest BCUT2D eigenvalue weighted by atomic mass is 10.1. The number of nitrogens with zero attached hydrogens (tertiary/aromatic N) is 2. The van der Waals surface area contributed by atoms with Crippen LogP contribution in [0.3, 0.4) is 0 Å². The van der Waals surface area contributed by atoms with Crippen LogP contribution in [-0.2, 0) is 6.42 Å². The molecule has 0 spiro atoms. The van der Waals surface area contributed by atoms with Crippen molar-refractivity contribution < 1.29 is 4.74 Å². The number of rotatable bonds is 4. The molecule has 1 aromatic carbocycles. The molecule has 0 radical (unpaired) electrons. The van der Waals surface area contributed by atoms with Crippen molar-refractivity contribution in [3.63, 3.8) is 0 Å². The Morgan fingerprint density at radius 1 is 1.43 bits per heavy atom. The Labute approximate surface area is 130 Å². The Morgan fingerprint density at radius 2 is 2.29 bits per heavy atom. The molecule has 0 fully saturated rings. The molecule has 0 bridgehead atoms. The van der Waals surface area contributed by atoms with Gasteiger partial charge >= 0.3 is 0 Å². The molecule has 2 aromatic heterocycles. The van der Waals surface area contributed by atoms with Crippen LogP contribution in [0.25, 0.3) is 11.4 Å². The van der Waals surface area contributed by atoms with Gasteiger partial charge in [0.1, 0.15) is 11.6 Å². The predicted molar refractivity (Wildman–Crippen MR) is 84.9 cm³/mol. The smallest absolute Gasteiger partial charge is 0.184 e. The Bertz CT molecular complexity index is 754. The van der Waals surface area contributed by atoms with Crippen LogP contribution in [-0.4, -0.2) is 22.3 Å². The summed E-state index contributed by atoms with van der Waals surface area (Å²) < 4.78 is 5.32. The monoisotopic (exact) mass is 320 g/mol. The van der Waals surface area contributed by atoms with Crippen LogP contribution in [0.1, 0.15) is 10.7 Å². The highest BCUT2D eigenvalue weighted by atomic mass is 35.5. The molecule has 108 valence electrons. The van der Waals surface area contributed by atoms with Gasteiger partial charge < -0.3 is 10.5 Å². The maximum atomic E-state index is 6.07. The van der Waals surface area contributed by atoms with Crippen LogP contribution in [0.15, 0.2) is 29.6 Å². The van der Waals surface area contributed by atoms with Crippen LogP contribution >= 0.6 is 22.9 Å². The summed E-state index contributed by atoms with van der Waals surface area (Å²) in [6.45, 7) is 0. The number of anilines is 1. The fourth-order valence-corrected chi connectivity index (χ4v) is 2.86. The summed E-state index contributed by atoms with van der Waals surface area (Å²) in [6.07, 6.45) is 0.718. The van der Waals surface area contributed by atoms with Crippen LogP contribution in [0.2, 0.25) is 5.02 Å². The molecule has 0 aliphatic rings. The molecule has 0 amide bonds. The third-order valence-corrected chi connectivity index (χ3v) is 4.22. The second kappa shape index (κ2) is 5.75. The minimum atomic E-state index is 0.454. The topological polar surface area (TPSA) is 76.8 Å². The zero-order valence-corrected chi connectivity index (χ0v) is 12.8. The van der Waals surface area contributed by atoms with Crippen LogP contribution in [0.4, 0.5) is 5.69 Å². The number of benzene rings is 1. The first-order valence-corrected chi connectivity index (χ1v) is 7.50. The van der Waals surface area contributed by atoms with E-state index in [4.69, 9.17) is 22.1 Å². The van der Waals surface area contributed by atoms with Crippen molar-refractivity contribution in [2.45, 2.75) is 6.42 Å². The summed E-state index contributed by atoms with van der Waals surface area (Å²) >= 11 is 7.75. The minimum absolute atomic E-state index is 0.454. The highest BCUT2D eigenvalue weighted by Crippen LogP contribution is 2.34. The summed E-state index contributed by atoms with van der Waals surface area (Å²) in [7, 11) is 1.57. The number of methoxy groups -OCH3 is 1. The Hall–Kier alpha value is -2.05. The number of H-pyrrole nitrogens is 1. The normalized spacial score (nSPS) is 10.8. The predicted octanol–water partition coefficient (Wildman–Crippen LogP) is 3.37. The Balaban J connectivity index is 1.94. The molecule has 0 unspecified atom stereocenters. The quantitative estimate of drug-likeness (QED) is 0.723. The van der Waals surface area contributed by atoms with Crippen LogP contribution < -0.4 is 10.5 Å². The summed E-state index contributed by atoms with van der Waals surface area (Å²) in [4.78, 5) is 5.72. The second-order valence-electron chi connectivity index (χ2n) is 4.44. The van der Waals surface area contributed by atoms with Gasteiger partial charge in [-0.05, 0) is 17.5 Å². The molecule has 0 saturated carbocycles. The number of nitrogens with two attached hydrogens (primary N) is 1. The van der Waals surface area contributed by atoms with Gasteiger partial charge in [-0.1, -0.05) is 17.7 Å². The number of nitrogens with one attached hydrogen (secondary N) is 1. The summed E-state index contributed by atoms with van der Waals surface area (Å²) in [5.41, 5.74) is 6.96. The molecule has 3 rings (SSSR count). The largest absolute Gasteiger partial charge is 0.496 e.